The Kier molecular flexibility index (Phi) is 6.34. The van der Waals surface area contributed by atoms with E-state index in [1.165, 1.54) is 13.8 Å². The van der Waals surface area contributed by atoms with Gasteiger partial charge in [-0.25, -0.2) is 0 Å². The van der Waals surface area contributed by atoms with Crippen molar-refractivity contribution in [1.29, 1.82) is 0 Å². The van der Waals surface area contributed by atoms with E-state index in [1.54, 1.807) is 18.2 Å². The number of hydrogen-bond acceptors (Lipinski definition) is 7. The highest BCUT2D eigenvalue weighted by Gasteiger charge is 2.47. The molecule has 1 aromatic carbocycles. The second kappa shape index (κ2) is 8.06. The van der Waals surface area contributed by atoms with Crippen LogP contribution < -0.4 is 0 Å². The molecule has 0 aliphatic carbocycles. The number of benzene rings is 1. The van der Waals surface area contributed by atoms with Crippen LogP contribution in [-0.4, -0.2) is 53.2 Å². The third-order valence-corrected chi connectivity index (χ3v) is 4.11. The van der Waals surface area contributed by atoms with Gasteiger partial charge in [-0.2, -0.15) is 0 Å². The Labute approximate surface area is 147 Å². The van der Waals surface area contributed by atoms with Crippen molar-refractivity contribution in [3.05, 3.63) is 34.3 Å². The van der Waals surface area contributed by atoms with Crippen LogP contribution in [0.5, 0.6) is 0 Å². The summed E-state index contributed by atoms with van der Waals surface area (Å²) in [6.07, 6.45) is -5.59. The third-order valence-electron chi connectivity index (χ3n) is 3.61. The molecular formula is C16H19BrO7. The normalized spacial score (nSPS) is 29.8. The molecule has 2 rings (SSSR count). The summed E-state index contributed by atoms with van der Waals surface area (Å²) in [5.41, 5.74) is 0.630. The van der Waals surface area contributed by atoms with Gasteiger partial charge in [0.2, 0.25) is 0 Å². The predicted molar refractivity (Wildman–Crippen MR) is 86.0 cm³/mol. The van der Waals surface area contributed by atoms with Crippen LogP contribution in [0.1, 0.15) is 25.5 Å². The first-order valence-electron chi connectivity index (χ1n) is 7.37. The summed E-state index contributed by atoms with van der Waals surface area (Å²) >= 11 is 3.33. The van der Waals surface area contributed by atoms with E-state index in [1.807, 2.05) is 6.07 Å². The van der Waals surface area contributed by atoms with Gasteiger partial charge in [-0.05, 0) is 17.7 Å². The lowest BCUT2D eigenvalue weighted by Gasteiger charge is -2.42. The largest absolute Gasteiger partial charge is 0.463 e. The average Bonchev–Trinajstić information content (AvgIpc) is 2.50. The molecule has 132 valence electrons. The number of aliphatic hydroxyl groups excluding tert-OH is 2. The van der Waals surface area contributed by atoms with E-state index in [2.05, 4.69) is 15.9 Å². The fourth-order valence-corrected chi connectivity index (χ4v) is 2.99. The molecule has 0 bridgehead atoms. The van der Waals surface area contributed by atoms with E-state index in [0.717, 1.165) is 4.47 Å². The van der Waals surface area contributed by atoms with Crippen molar-refractivity contribution in [3.8, 4) is 0 Å². The lowest BCUT2D eigenvalue weighted by Crippen LogP contribution is -2.57. The summed E-state index contributed by atoms with van der Waals surface area (Å²) in [5, 5.41) is 20.7. The van der Waals surface area contributed by atoms with Gasteiger partial charge in [0, 0.05) is 18.3 Å². The molecule has 1 fully saturated rings. The highest BCUT2D eigenvalue weighted by Crippen LogP contribution is 2.34. The van der Waals surface area contributed by atoms with Gasteiger partial charge in [-0.1, -0.05) is 28.1 Å². The lowest BCUT2D eigenvalue weighted by atomic mass is 9.91. The molecule has 1 aliphatic heterocycles. The number of esters is 2. The lowest BCUT2D eigenvalue weighted by molar-refractivity contribution is -0.242. The molecule has 1 aliphatic rings. The standard InChI is InChI=1S/C16H19BrO7/c1-8(18)22-7-12-16(23-9(2)19)14(21)13(20)15(24-12)10-4-3-5-11(17)6-10/h3-6,12-16,20-21H,7H2,1-2H3/t12-,13+,14-,15-,16+/m1/s1. The zero-order chi connectivity index (χ0) is 17.9. The van der Waals surface area contributed by atoms with Gasteiger partial charge in [0.05, 0.1) is 0 Å². The van der Waals surface area contributed by atoms with Crippen LogP contribution in [0.3, 0.4) is 0 Å². The maximum Gasteiger partial charge on any atom is 0.303 e. The third kappa shape index (κ3) is 4.54. The zero-order valence-corrected chi connectivity index (χ0v) is 14.8. The Hall–Kier alpha value is -1.48. The molecule has 2 N–H and O–H groups in total. The van der Waals surface area contributed by atoms with Crippen LogP contribution in [0, 0.1) is 0 Å². The van der Waals surface area contributed by atoms with Crippen molar-refractivity contribution >= 4 is 27.9 Å². The summed E-state index contributed by atoms with van der Waals surface area (Å²) in [5.74, 6) is -1.16. The summed E-state index contributed by atoms with van der Waals surface area (Å²) in [4.78, 5) is 22.3. The smallest absolute Gasteiger partial charge is 0.303 e. The van der Waals surface area contributed by atoms with E-state index in [9.17, 15) is 19.8 Å². The van der Waals surface area contributed by atoms with E-state index in [0.29, 0.717) is 5.56 Å². The van der Waals surface area contributed by atoms with Gasteiger partial charge < -0.3 is 24.4 Å². The van der Waals surface area contributed by atoms with E-state index in [-0.39, 0.29) is 6.61 Å². The van der Waals surface area contributed by atoms with Gasteiger partial charge in [-0.3, -0.25) is 9.59 Å². The van der Waals surface area contributed by atoms with Crippen LogP contribution in [0.15, 0.2) is 28.7 Å². The zero-order valence-electron chi connectivity index (χ0n) is 13.2. The molecule has 1 heterocycles. The molecular weight excluding hydrogens is 384 g/mol. The number of carbonyl (C=O) groups is 2. The second-order valence-electron chi connectivity index (χ2n) is 5.51. The van der Waals surface area contributed by atoms with Gasteiger partial charge >= 0.3 is 11.9 Å². The molecule has 8 heteroatoms. The van der Waals surface area contributed by atoms with Crippen molar-refractivity contribution in [2.75, 3.05) is 6.61 Å². The van der Waals surface area contributed by atoms with Crippen LogP contribution in [0.2, 0.25) is 0 Å². The quantitative estimate of drug-likeness (QED) is 0.726. The summed E-state index contributed by atoms with van der Waals surface area (Å²) < 4.78 is 16.5. The molecule has 0 aromatic heterocycles. The first kappa shape index (κ1) is 18.9. The molecule has 5 atom stereocenters. The van der Waals surface area contributed by atoms with Crippen molar-refractivity contribution in [2.24, 2.45) is 0 Å². The Balaban J connectivity index is 2.26. The maximum absolute atomic E-state index is 11.3. The van der Waals surface area contributed by atoms with Crippen LogP contribution in [0.25, 0.3) is 0 Å². The summed E-state index contributed by atoms with van der Waals surface area (Å²) in [7, 11) is 0. The van der Waals surface area contributed by atoms with E-state index in [4.69, 9.17) is 14.2 Å². The van der Waals surface area contributed by atoms with Crippen molar-refractivity contribution < 1.29 is 34.0 Å². The van der Waals surface area contributed by atoms with Crippen LogP contribution in [-0.2, 0) is 23.8 Å². The first-order valence-corrected chi connectivity index (χ1v) is 8.16. The van der Waals surface area contributed by atoms with Crippen LogP contribution >= 0.6 is 15.9 Å². The minimum Gasteiger partial charge on any atom is -0.463 e. The van der Waals surface area contributed by atoms with Crippen molar-refractivity contribution in [2.45, 2.75) is 44.4 Å². The molecule has 0 radical (unpaired) electrons. The number of aliphatic hydroxyl groups is 2. The predicted octanol–water partition coefficient (Wildman–Crippen LogP) is 1.11. The minimum atomic E-state index is -1.38. The van der Waals surface area contributed by atoms with Gasteiger partial charge in [-0.15, -0.1) is 0 Å². The van der Waals surface area contributed by atoms with E-state index < -0.39 is 42.5 Å². The molecule has 0 unspecified atom stereocenters. The fraction of sp³-hybridized carbons (Fsp3) is 0.500. The van der Waals surface area contributed by atoms with Crippen molar-refractivity contribution in [3.63, 3.8) is 0 Å². The first-order chi connectivity index (χ1) is 11.3. The highest BCUT2D eigenvalue weighted by atomic mass is 79.9. The second-order valence-corrected chi connectivity index (χ2v) is 6.42. The Bertz CT molecular complexity index is 606. The molecule has 1 aromatic rings. The molecule has 7 nitrogen and oxygen atoms in total. The van der Waals surface area contributed by atoms with Crippen molar-refractivity contribution in [1.82, 2.24) is 0 Å². The number of ether oxygens (including phenoxy) is 3. The van der Waals surface area contributed by atoms with Gasteiger partial charge in [0.1, 0.15) is 31.0 Å². The average molecular weight is 403 g/mol. The van der Waals surface area contributed by atoms with Crippen LogP contribution in [0.4, 0.5) is 0 Å². The molecule has 0 amide bonds. The molecule has 0 spiro atoms. The summed E-state index contributed by atoms with van der Waals surface area (Å²) in [6, 6.07) is 7.06. The van der Waals surface area contributed by atoms with E-state index >= 15 is 0 Å². The summed E-state index contributed by atoms with van der Waals surface area (Å²) in [6.45, 7) is 2.21. The fourth-order valence-electron chi connectivity index (χ4n) is 2.57. The number of carbonyl (C=O) groups excluding carboxylic acids is 2. The SMILES string of the molecule is CC(=O)OC[C@H]1O[C@H](c2cccc(Br)c2)[C@@H](O)[C@@H](O)[C@H]1OC(C)=O. The molecule has 24 heavy (non-hydrogen) atoms. The van der Waals surface area contributed by atoms with Gasteiger partial charge in [0.25, 0.3) is 0 Å². The Morgan fingerprint density at radius 2 is 1.92 bits per heavy atom. The minimum absolute atomic E-state index is 0.207. The number of hydrogen-bond donors (Lipinski definition) is 2. The number of halogens is 1. The topological polar surface area (TPSA) is 102 Å². The number of rotatable bonds is 4. The molecule has 1 saturated heterocycles. The highest BCUT2D eigenvalue weighted by molar-refractivity contribution is 9.10. The van der Waals surface area contributed by atoms with Gasteiger partial charge in [0.15, 0.2) is 6.10 Å². The Morgan fingerprint density at radius 3 is 2.50 bits per heavy atom. The Morgan fingerprint density at radius 1 is 1.21 bits per heavy atom. The molecule has 0 saturated carbocycles. The maximum atomic E-state index is 11.3. The monoisotopic (exact) mass is 402 g/mol.